The number of hydrogen-bond donors (Lipinski definition) is 2. The minimum absolute atomic E-state index is 0.0106. The summed E-state index contributed by atoms with van der Waals surface area (Å²) in [6, 6.07) is 2.52. The first-order chi connectivity index (χ1) is 9.41. The predicted octanol–water partition coefficient (Wildman–Crippen LogP) is 2.84. The monoisotopic (exact) mass is 272 g/mol. The molecule has 20 heavy (non-hydrogen) atoms. The lowest BCUT2D eigenvalue weighted by molar-refractivity contribution is 0.0715. The highest BCUT2D eigenvalue weighted by Crippen LogP contribution is 2.45. The molecule has 0 saturated carbocycles. The molecule has 0 aromatic heterocycles. The van der Waals surface area contributed by atoms with Crippen molar-refractivity contribution in [1.82, 2.24) is 0 Å². The zero-order chi connectivity index (χ0) is 14.6. The number of allylic oxidation sites excluding steroid dienone is 2. The molecule has 1 aromatic rings. The van der Waals surface area contributed by atoms with E-state index in [1.165, 1.54) is 12.1 Å². The van der Waals surface area contributed by atoms with E-state index >= 15 is 0 Å². The number of carbonyl (C=O) groups excluding carboxylic acids is 2. The first-order valence-corrected chi connectivity index (χ1v) is 6.70. The Hall–Kier alpha value is -2.10. The molecular formula is C16H16O4. The van der Waals surface area contributed by atoms with E-state index in [1.54, 1.807) is 0 Å². The molecule has 4 nitrogen and oxygen atoms in total. The Labute approximate surface area is 116 Å². The van der Waals surface area contributed by atoms with Crippen LogP contribution in [0.15, 0.2) is 23.3 Å². The molecular weight excluding hydrogens is 256 g/mol. The minimum atomic E-state index is -0.411. The molecule has 2 aliphatic carbocycles. The van der Waals surface area contributed by atoms with Gasteiger partial charge in [-0.05, 0) is 38.8 Å². The zero-order valence-corrected chi connectivity index (χ0v) is 11.4. The lowest BCUT2D eigenvalue weighted by Crippen LogP contribution is -2.39. The molecule has 2 atom stereocenters. The standard InChI is InChI=1S/C16H16O4/c1-7-5-9-10(6-8(7)2)16(20)14-12(18)4-3-11(17)13(14)15(9)19/h3-4,9-10,17-18H,5-6H2,1-2H3/t9-,10+. The van der Waals surface area contributed by atoms with Gasteiger partial charge in [-0.1, -0.05) is 11.1 Å². The fourth-order valence-electron chi connectivity index (χ4n) is 3.29. The van der Waals surface area contributed by atoms with Crippen molar-refractivity contribution in [3.05, 3.63) is 34.4 Å². The van der Waals surface area contributed by atoms with Gasteiger partial charge in [-0.25, -0.2) is 0 Å². The molecule has 0 fully saturated rings. The molecule has 0 heterocycles. The summed E-state index contributed by atoms with van der Waals surface area (Å²) < 4.78 is 0. The summed E-state index contributed by atoms with van der Waals surface area (Å²) >= 11 is 0. The zero-order valence-electron chi connectivity index (χ0n) is 11.4. The van der Waals surface area contributed by atoms with Gasteiger partial charge in [-0.2, -0.15) is 0 Å². The van der Waals surface area contributed by atoms with E-state index in [-0.39, 0.29) is 34.2 Å². The van der Waals surface area contributed by atoms with Gasteiger partial charge in [-0.3, -0.25) is 9.59 Å². The van der Waals surface area contributed by atoms with Gasteiger partial charge in [0.2, 0.25) is 0 Å². The van der Waals surface area contributed by atoms with E-state index < -0.39 is 11.8 Å². The summed E-state index contributed by atoms with van der Waals surface area (Å²) in [5, 5.41) is 19.8. The molecule has 3 rings (SSSR count). The number of rotatable bonds is 0. The molecule has 2 N–H and O–H groups in total. The van der Waals surface area contributed by atoms with Crippen LogP contribution in [-0.4, -0.2) is 21.8 Å². The average molecular weight is 272 g/mol. The van der Waals surface area contributed by atoms with Crippen molar-refractivity contribution < 1.29 is 19.8 Å². The van der Waals surface area contributed by atoms with Crippen molar-refractivity contribution in [3.63, 3.8) is 0 Å². The summed E-state index contributed by atoms with van der Waals surface area (Å²) in [6.07, 6.45) is 1.10. The van der Waals surface area contributed by atoms with E-state index in [9.17, 15) is 19.8 Å². The van der Waals surface area contributed by atoms with Gasteiger partial charge < -0.3 is 10.2 Å². The Bertz CT molecular complexity index is 612. The van der Waals surface area contributed by atoms with Crippen LogP contribution in [0.4, 0.5) is 0 Å². The third-order valence-corrected chi connectivity index (χ3v) is 4.59. The molecule has 0 saturated heterocycles. The van der Waals surface area contributed by atoms with Crippen LogP contribution in [0.2, 0.25) is 0 Å². The fourth-order valence-corrected chi connectivity index (χ4v) is 3.29. The van der Waals surface area contributed by atoms with E-state index in [1.807, 2.05) is 13.8 Å². The summed E-state index contributed by atoms with van der Waals surface area (Å²) in [5.74, 6) is -1.73. The third kappa shape index (κ3) is 1.60. The normalized spacial score (nSPS) is 25.5. The smallest absolute Gasteiger partial charge is 0.171 e. The predicted molar refractivity (Wildman–Crippen MR) is 73.0 cm³/mol. The molecule has 4 heteroatoms. The van der Waals surface area contributed by atoms with Crippen molar-refractivity contribution >= 4 is 11.6 Å². The molecule has 2 aliphatic rings. The summed E-state index contributed by atoms with van der Waals surface area (Å²) in [6.45, 7) is 3.95. The topological polar surface area (TPSA) is 74.6 Å². The highest BCUT2D eigenvalue weighted by Gasteiger charge is 2.45. The fraction of sp³-hybridized carbons (Fsp3) is 0.375. The van der Waals surface area contributed by atoms with Crippen LogP contribution in [0, 0.1) is 11.8 Å². The maximum absolute atomic E-state index is 12.6. The van der Waals surface area contributed by atoms with Crippen LogP contribution in [0.1, 0.15) is 47.4 Å². The van der Waals surface area contributed by atoms with Crippen LogP contribution in [0.25, 0.3) is 0 Å². The summed E-state index contributed by atoms with van der Waals surface area (Å²) in [7, 11) is 0. The van der Waals surface area contributed by atoms with Crippen LogP contribution < -0.4 is 0 Å². The van der Waals surface area contributed by atoms with Gasteiger partial charge in [0.05, 0.1) is 11.1 Å². The molecule has 0 spiro atoms. The maximum atomic E-state index is 12.6. The summed E-state index contributed by atoms with van der Waals surface area (Å²) in [4.78, 5) is 25.2. The molecule has 0 unspecified atom stereocenters. The van der Waals surface area contributed by atoms with Gasteiger partial charge in [0.15, 0.2) is 11.6 Å². The number of phenols is 2. The second kappa shape index (κ2) is 4.20. The van der Waals surface area contributed by atoms with Crippen molar-refractivity contribution in [2.45, 2.75) is 26.7 Å². The van der Waals surface area contributed by atoms with Gasteiger partial charge >= 0.3 is 0 Å². The first kappa shape index (κ1) is 12.9. The number of ketones is 2. The minimum Gasteiger partial charge on any atom is -0.507 e. The van der Waals surface area contributed by atoms with Crippen LogP contribution in [0.3, 0.4) is 0 Å². The Balaban J connectivity index is 2.20. The van der Waals surface area contributed by atoms with E-state index in [4.69, 9.17) is 0 Å². The molecule has 0 radical (unpaired) electrons. The highest BCUT2D eigenvalue weighted by atomic mass is 16.3. The molecule has 1 aromatic carbocycles. The lowest BCUT2D eigenvalue weighted by atomic mass is 9.66. The van der Waals surface area contributed by atoms with Gasteiger partial charge in [0.25, 0.3) is 0 Å². The number of phenolic OH excluding ortho intramolecular Hbond substituents is 2. The largest absolute Gasteiger partial charge is 0.507 e. The number of benzene rings is 1. The Morgan fingerprint density at radius 3 is 1.55 bits per heavy atom. The molecule has 104 valence electrons. The number of Topliss-reactive ketones (excluding diaryl/α,β-unsaturated/α-hetero) is 2. The van der Waals surface area contributed by atoms with E-state index in [2.05, 4.69) is 0 Å². The van der Waals surface area contributed by atoms with Gasteiger partial charge in [0.1, 0.15) is 11.5 Å². The highest BCUT2D eigenvalue weighted by molar-refractivity contribution is 6.18. The summed E-state index contributed by atoms with van der Waals surface area (Å²) in [5.41, 5.74) is 2.25. The average Bonchev–Trinajstić information content (AvgIpc) is 2.41. The molecule has 0 aliphatic heterocycles. The number of carbonyl (C=O) groups is 2. The number of fused-ring (bicyclic) bond motifs is 2. The Morgan fingerprint density at radius 1 is 0.850 bits per heavy atom. The van der Waals surface area contributed by atoms with Crippen LogP contribution in [0.5, 0.6) is 11.5 Å². The quantitative estimate of drug-likeness (QED) is 0.562. The second-order valence-electron chi connectivity index (χ2n) is 5.76. The maximum Gasteiger partial charge on any atom is 0.171 e. The van der Waals surface area contributed by atoms with Crippen molar-refractivity contribution in [3.8, 4) is 11.5 Å². The van der Waals surface area contributed by atoms with Gasteiger partial charge in [0, 0.05) is 11.8 Å². The van der Waals surface area contributed by atoms with E-state index in [0.717, 1.165) is 11.1 Å². The molecule has 0 bridgehead atoms. The lowest BCUT2D eigenvalue weighted by Gasteiger charge is -2.35. The Morgan fingerprint density at radius 2 is 1.20 bits per heavy atom. The van der Waals surface area contributed by atoms with Crippen molar-refractivity contribution in [2.75, 3.05) is 0 Å². The van der Waals surface area contributed by atoms with Gasteiger partial charge in [-0.15, -0.1) is 0 Å². The number of hydrogen-bond acceptors (Lipinski definition) is 4. The van der Waals surface area contributed by atoms with E-state index in [0.29, 0.717) is 12.8 Å². The second-order valence-corrected chi connectivity index (χ2v) is 5.76. The number of aromatic hydroxyl groups is 2. The SMILES string of the molecule is CC1=C(C)C[C@H]2C(=O)c3c(O)ccc(O)c3C(=O)[C@H]2C1. The van der Waals surface area contributed by atoms with Crippen molar-refractivity contribution in [2.24, 2.45) is 11.8 Å². The first-order valence-electron chi connectivity index (χ1n) is 6.70. The van der Waals surface area contributed by atoms with Crippen LogP contribution in [-0.2, 0) is 0 Å². The van der Waals surface area contributed by atoms with Crippen LogP contribution >= 0.6 is 0 Å². The molecule has 0 amide bonds. The third-order valence-electron chi connectivity index (χ3n) is 4.59. The van der Waals surface area contributed by atoms with Crippen molar-refractivity contribution in [1.29, 1.82) is 0 Å². The Kier molecular flexibility index (Phi) is 2.71.